The lowest BCUT2D eigenvalue weighted by atomic mass is 10.2. The van der Waals surface area contributed by atoms with Crippen molar-refractivity contribution in [1.82, 2.24) is 14.8 Å². The predicted octanol–water partition coefficient (Wildman–Crippen LogP) is 1.20. The summed E-state index contributed by atoms with van der Waals surface area (Å²) in [6, 6.07) is 0.319. The van der Waals surface area contributed by atoms with Crippen molar-refractivity contribution in [2.45, 2.75) is 26.4 Å². The van der Waals surface area contributed by atoms with Crippen LogP contribution >= 0.6 is 11.3 Å². The number of aromatic nitrogens is 1. The first-order valence-corrected chi connectivity index (χ1v) is 6.41. The second-order valence-electron chi connectivity index (χ2n) is 4.26. The highest BCUT2D eigenvalue weighted by atomic mass is 32.1. The summed E-state index contributed by atoms with van der Waals surface area (Å²) < 4.78 is 0. The first-order chi connectivity index (χ1) is 7.66. The second kappa shape index (κ2) is 4.93. The van der Waals surface area contributed by atoms with Crippen molar-refractivity contribution in [3.8, 4) is 0 Å². The van der Waals surface area contributed by atoms with Gasteiger partial charge in [-0.3, -0.25) is 14.7 Å². The maximum atomic E-state index is 11.3. The van der Waals surface area contributed by atoms with Crippen LogP contribution < -0.4 is 0 Å². The molecule has 1 atom stereocenters. The van der Waals surface area contributed by atoms with E-state index in [4.69, 9.17) is 0 Å². The molecule has 0 unspecified atom stereocenters. The quantitative estimate of drug-likeness (QED) is 0.778. The number of carbonyl (C=O) groups excluding carboxylic acids is 1. The highest BCUT2D eigenvalue weighted by Gasteiger charge is 2.25. The fourth-order valence-corrected chi connectivity index (χ4v) is 2.82. The van der Waals surface area contributed by atoms with E-state index in [0.29, 0.717) is 6.04 Å². The molecule has 0 radical (unpaired) electrons. The molecule has 1 aromatic heterocycles. The van der Waals surface area contributed by atoms with Gasteiger partial charge in [0.1, 0.15) is 0 Å². The molecule has 0 saturated carbocycles. The molecule has 1 amide bonds. The Kier molecular flexibility index (Phi) is 3.56. The van der Waals surface area contributed by atoms with E-state index in [1.54, 1.807) is 18.3 Å². The third-order valence-corrected chi connectivity index (χ3v) is 3.74. The van der Waals surface area contributed by atoms with Gasteiger partial charge in [-0.1, -0.05) is 0 Å². The molecule has 1 aliphatic rings. The molecule has 16 heavy (non-hydrogen) atoms. The van der Waals surface area contributed by atoms with Crippen LogP contribution in [0.2, 0.25) is 0 Å². The summed E-state index contributed by atoms with van der Waals surface area (Å²) in [6.07, 6.45) is 1.92. The largest absolute Gasteiger partial charge is 0.338 e. The third-order valence-electron chi connectivity index (χ3n) is 2.98. The molecule has 1 saturated heterocycles. The Hall–Kier alpha value is -0.940. The summed E-state index contributed by atoms with van der Waals surface area (Å²) in [6.45, 7) is 7.48. The van der Waals surface area contributed by atoms with E-state index < -0.39 is 0 Å². The molecule has 1 fully saturated rings. The van der Waals surface area contributed by atoms with Crippen molar-refractivity contribution in [3.05, 3.63) is 16.6 Å². The average Bonchev–Trinajstić information content (AvgIpc) is 2.70. The van der Waals surface area contributed by atoms with Gasteiger partial charge < -0.3 is 4.90 Å². The van der Waals surface area contributed by atoms with E-state index >= 15 is 0 Å². The first kappa shape index (κ1) is 11.5. The fourth-order valence-electron chi connectivity index (χ4n) is 2.19. The van der Waals surface area contributed by atoms with E-state index in [0.717, 1.165) is 26.2 Å². The molecule has 2 rings (SSSR count). The Morgan fingerprint density at radius 3 is 3.00 bits per heavy atom. The minimum atomic E-state index is 0.185. The van der Waals surface area contributed by atoms with Gasteiger partial charge in [0, 0.05) is 50.2 Å². The summed E-state index contributed by atoms with van der Waals surface area (Å²) in [5.41, 5.74) is 1.87. The average molecular weight is 239 g/mol. The van der Waals surface area contributed by atoms with Crippen LogP contribution in [0.4, 0.5) is 0 Å². The van der Waals surface area contributed by atoms with E-state index in [9.17, 15) is 4.79 Å². The third kappa shape index (κ3) is 2.59. The van der Waals surface area contributed by atoms with E-state index in [2.05, 4.69) is 16.8 Å². The van der Waals surface area contributed by atoms with Gasteiger partial charge in [0.2, 0.25) is 5.91 Å². The lowest BCUT2D eigenvalue weighted by Gasteiger charge is -2.39. The van der Waals surface area contributed by atoms with Crippen LogP contribution in [0.3, 0.4) is 0 Å². The Morgan fingerprint density at radius 1 is 1.62 bits per heavy atom. The van der Waals surface area contributed by atoms with Crippen molar-refractivity contribution in [1.29, 1.82) is 0 Å². The van der Waals surface area contributed by atoms with Crippen LogP contribution in [-0.4, -0.2) is 46.4 Å². The zero-order valence-electron chi connectivity index (χ0n) is 9.72. The standard InChI is InChI=1S/C11H17N3OS/c1-9-6-13(3-4-14(9)10(2)15)7-11-5-12-8-16-11/h5,8-9H,3-4,6-7H2,1-2H3/t9-/m0/s1. The van der Waals surface area contributed by atoms with Crippen molar-refractivity contribution < 1.29 is 4.79 Å². The molecule has 5 heteroatoms. The van der Waals surface area contributed by atoms with E-state index in [1.165, 1.54) is 4.88 Å². The van der Waals surface area contributed by atoms with Gasteiger partial charge in [0.05, 0.1) is 5.51 Å². The number of rotatable bonds is 2. The smallest absolute Gasteiger partial charge is 0.219 e. The van der Waals surface area contributed by atoms with Crippen LogP contribution in [0.1, 0.15) is 18.7 Å². The predicted molar refractivity (Wildman–Crippen MR) is 64.2 cm³/mol. The molecule has 1 aromatic rings. The molecule has 0 aromatic carbocycles. The Morgan fingerprint density at radius 2 is 2.44 bits per heavy atom. The number of hydrogen-bond acceptors (Lipinski definition) is 4. The van der Waals surface area contributed by atoms with Crippen molar-refractivity contribution >= 4 is 17.2 Å². The number of piperazine rings is 1. The topological polar surface area (TPSA) is 36.4 Å². The number of carbonyl (C=O) groups is 1. The zero-order valence-corrected chi connectivity index (χ0v) is 10.5. The first-order valence-electron chi connectivity index (χ1n) is 5.53. The lowest BCUT2D eigenvalue weighted by Crippen LogP contribution is -2.52. The molecule has 1 aliphatic heterocycles. The van der Waals surface area contributed by atoms with Crippen LogP contribution in [0.25, 0.3) is 0 Å². The van der Waals surface area contributed by atoms with Gasteiger partial charge in [0.15, 0.2) is 0 Å². The molecular weight excluding hydrogens is 222 g/mol. The molecule has 2 heterocycles. The molecule has 0 spiro atoms. The minimum absolute atomic E-state index is 0.185. The zero-order chi connectivity index (χ0) is 11.5. The summed E-state index contributed by atoms with van der Waals surface area (Å²) in [7, 11) is 0. The molecule has 0 bridgehead atoms. The molecular formula is C11H17N3OS. The number of nitrogens with zero attached hydrogens (tertiary/aromatic N) is 3. The highest BCUT2D eigenvalue weighted by molar-refractivity contribution is 7.09. The monoisotopic (exact) mass is 239 g/mol. The minimum Gasteiger partial charge on any atom is -0.338 e. The van der Waals surface area contributed by atoms with Gasteiger partial charge in [-0.25, -0.2) is 0 Å². The van der Waals surface area contributed by atoms with Crippen molar-refractivity contribution in [2.24, 2.45) is 0 Å². The molecule has 88 valence electrons. The summed E-state index contributed by atoms with van der Waals surface area (Å²) >= 11 is 1.69. The van der Waals surface area contributed by atoms with Crippen molar-refractivity contribution in [3.63, 3.8) is 0 Å². The van der Waals surface area contributed by atoms with E-state index in [1.807, 2.05) is 16.6 Å². The maximum Gasteiger partial charge on any atom is 0.219 e. The summed E-state index contributed by atoms with van der Waals surface area (Å²) in [4.78, 5) is 21.0. The van der Waals surface area contributed by atoms with Gasteiger partial charge in [-0.05, 0) is 6.92 Å². The number of amides is 1. The number of thiazole rings is 1. The maximum absolute atomic E-state index is 11.3. The van der Waals surface area contributed by atoms with Crippen LogP contribution in [-0.2, 0) is 11.3 Å². The van der Waals surface area contributed by atoms with E-state index in [-0.39, 0.29) is 5.91 Å². The van der Waals surface area contributed by atoms with Gasteiger partial charge in [-0.2, -0.15) is 0 Å². The highest BCUT2D eigenvalue weighted by Crippen LogP contribution is 2.15. The normalized spacial score (nSPS) is 22.4. The van der Waals surface area contributed by atoms with Gasteiger partial charge >= 0.3 is 0 Å². The molecule has 0 N–H and O–H groups in total. The molecule has 4 nitrogen and oxygen atoms in total. The summed E-state index contributed by atoms with van der Waals surface area (Å²) in [5.74, 6) is 0.185. The number of hydrogen-bond donors (Lipinski definition) is 0. The van der Waals surface area contributed by atoms with Crippen LogP contribution in [0.15, 0.2) is 11.7 Å². The van der Waals surface area contributed by atoms with Gasteiger partial charge in [-0.15, -0.1) is 11.3 Å². The fraction of sp³-hybridized carbons (Fsp3) is 0.636. The SMILES string of the molecule is CC(=O)N1CCN(Cc2cncs2)C[C@@H]1C. The van der Waals surface area contributed by atoms with Gasteiger partial charge in [0.25, 0.3) is 0 Å². The second-order valence-corrected chi connectivity index (χ2v) is 5.24. The Labute approximate surface area is 99.9 Å². The lowest BCUT2D eigenvalue weighted by molar-refractivity contribution is -0.133. The molecule has 0 aliphatic carbocycles. The Balaban J connectivity index is 1.90. The van der Waals surface area contributed by atoms with Crippen LogP contribution in [0.5, 0.6) is 0 Å². The Bertz CT molecular complexity index is 352. The summed E-state index contributed by atoms with van der Waals surface area (Å²) in [5, 5.41) is 0. The van der Waals surface area contributed by atoms with Crippen LogP contribution in [0, 0.1) is 0 Å². The van der Waals surface area contributed by atoms with Crippen molar-refractivity contribution in [2.75, 3.05) is 19.6 Å².